The number of unbranched alkanes of at least 4 members (excludes halogenated alkanes) is 2. The summed E-state index contributed by atoms with van der Waals surface area (Å²) in [6, 6.07) is 8.39. The molecular weight excluding hydrogens is 879 g/mol. The van der Waals surface area contributed by atoms with Crippen LogP contribution in [0.1, 0.15) is 76.3 Å². The minimum absolute atomic E-state index is 0.0146. The predicted molar refractivity (Wildman–Crippen MR) is 234 cm³/mol. The van der Waals surface area contributed by atoms with Crippen molar-refractivity contribution in [2.45, 2.75) is 85.8 Å². The first-order chi connectivity index (χ1) is 29.6. The third-order valence-corrected chi connectivity index (χ3v) is 13.8. The first-order valence-electron chi connectivity index (χ1n) is 20.3. The maximum atomic E-state index is 12.9. The van der Waals surface area contributed by atoms with Gasteiger partial charge in [-0.3, -0.25) is 14.1 Å². The summed E-state index contributed by atoms with van der Waals surface area (Å²) < 4.78 is 118. The number of hydrogen-bond acceptors (Lipinski definition) is 13. The van der Waals surface area contributed by atoms with Gasteiger partial charge in [-0.15, -0.1) is 0 Å². The first-order valence-corrected chi connectivity index (χ1v) is 24.8. The van der Waals surface area contributed by atoms with Crippen LogP contribution in [-0.2, 0) is 60.2 Å². The Labute approximate surface area is 370 Å². The van der Waals surface area contributed by atoms with Crippen LogP contribution < -0.4 is 10.2 Å². The van der Waals surface area contributed by atoms with Gasteiger partial charge in [0.05, 0.1) is 31.9 Å². The zero-order valence-corrected chi connectivity index (χ0v) is 38.3. The van der Waals surface area contributed by atoms with E-state index in [2.05, 4.69) is 5.32 Å². The van der Waals surface area contributed by atoms with Crippen molar-refractivity contribution in [2.24, 2.45) is 0 Å². The van der Waals surface area contributed by atoms with Gasteiger partial charge in [0.1, 0.15) is 16.7 Å². The number of carboxylic acids is 1. The molecule has 20 heteroatoms. The molecule has 3 N–H and O–H groups in total. The molecule has 2 aliphatic heterocycles. The predicted octanol–water partition coefficient (Wildman–Crippen LogP) is 4.68. The Hall–Kier alpha value is -4.54. The van der Waals surface area contributed by atoms with Crippen LogP contribution in [0.4, 0.5) is 11.4 Å². The van der Waals surface area contributed by atoms with Crippen molar-refractivity contribution >= 4 is 59.3 Å². The highest BCUT2D eigenvalue weighted by atomic mass is 32.2. The molecule has 0 bridgehead atoms. The van der Waals surface area contributed by atoms with Crippen LogP contribution in [0.3, 0.4) is 0 Å². The number of ether oxygens (including phenoxy) is 2. The van der Waals surface area contributed by atoms with E-state index in [0.717, 1.165) is 5.70 Å². The third kappa shape index (κ3) is 13.5. The van der Waals surface area contributed by atoms with Gasteiger partial charge in [0.25, 0.3) is 10.1 Å². The van der Waals surface area contributed by atoms with Crippen LogP contribution in [0, 0.1) is 0 Å². The molecular formula is C43H56N3O14S3-. The molecule has 0 spiro atoms. The van der Waals surface area contributed by atoms with Crippen molar-refractivity contribution in [3.63, 3.8) is 0 Å². The molecule has 0 saturated heterocycles. The van der Waals surface area contributed by atoms with Crippen LogP contribution in [0.2, 0.25) is 0 Å². The van der Waals surface area contributed by atoms with E-state index in [1.54, 1.807) is 48.6 Å². The summed E-state index contributed by atoms with van der Waals surface area (Å²) in [6.45, 7) is 5.37. The van der Waals surface area contributed by atoms with Gasteiger partial charge in [-0.1, -0.05) is 36.8 Å². The smallest absolute Gasteiger partial charge is 0.303 e. The molecule has 1 amide bonds. The highest BCUT2D eigenvalue weighted by Gasteiger charge is 2.48. The lowest BCUT2D eigenvalue weighted by Gasteiger charge is -2.30. The number of carbonyl (C=O) groups excluding carboxylic acids is 1. The monoisotopic (exact) mass is 934 g/mol. The van der Waals surface area contributed by atoms with Gasteiger partial charge in [-0.25, -0.2) is 16.8 Å². The fourth-order valence-corrected chi connectivity index (χ4v) is 9.63. The van der Waals surface area contributed by atoms with Gasteiger partial charge in [0, 0.05) is 80.4 Å². The Kier molecular flexibility index (Phi) is 17.8. The van der Waals surface area contributed by atoms with Crippen LogP contribution >= 0.6 is 0 Å². The van der Waals surface area contributed by atoms with E-state index in [4.69, 9.17) is 14.6 Å². The number of benzene rings is 2. The number of aliphatic carboxylic acids is 1. The maximum absolute atomic E-state index is 12.9. The molecule has 4 rings (SSSR count). The molecule has 2 unspecified atom stereocenters. The minimum atomic E-state index is -4.82. The summed E-state index contributed by atoms with van der Waals surface area (Å²) in [5.74, 6) is -1.77. The zero-order valence-electron chi connectivity index (χ0n) is 35.8. The normalized spacial score (nSPS) is 19.9. The largest absolute Gasteiger partial charge is 0.748 e. The number of amides is 1. The zero-order chi connectivity index (χ0) is 46.6. The van der Waals surface area contributed by atoms with Crippen molar-refractivity contribution in [1.29, 1.82) is 0 Å². The quantitative estimate of drug-likeness (QED) is 0.0528. The molecule has 2 aromatic carbocycles. The Morgan fingerprint density at radius 1 is 0.810 bits per heavy atom. The molecule has 0 saturated carbocycles. The van der Waals surface area contributed by atoms with Crippen LogP contribution in [0.25, 0.3) is 0 Å². The maximum Gasteiger partial charge on any atom is 0.303 e. The van der Waals surface area contributed by atoms with Crippen LogP contribution in [0.5, 0.6) is 0 Å². The van der Waals surface area contributed by atoms with E-state index in [1.165, 1.54) is 38.5 Å². The number of hydrogen-bond donors (Lipinski definition) is 3. The molecule has 0 radical (unpaired) electrons. The number of methoxy groups -OCH3 is 2. The van der Waals surface area contributed by atoms with E-state index >= 15 is 0 Å². The van der Waals surface area contributed by atoms with E-state index in [1.807, 2.05) is 29.4 Å². The molecule has 2 aromatic rings. The summed E-state index contributed by atoms with van der Waals surface area (Å²) in [5.41, 5.74) is 1.85. The second kappa shape index (κ2) is 21.9. The lowest BCUT2D eigenvalue weighted by molar-refractivity contribution is -0.441. The van der Waals surface area contributed by atoms with Gasteiger partial charge in [-0.2, -0.15) is 13.0 Å². The molecule has 2 aliphatic rings. The molecule has 0 aliphatic carbocycles. The number of nitrogens with one attached hydrogen (secondary N) is 1. The highest BCUT2D eigenvalue weighted by molar-refractivity contribution is 7.86. The number of rotatable bonds is 25. The van der Waals surface area contributed by atoms with Crippen molar-refractivity contribution < 1.29 is 67.7 Å². The van der Waals surface area contributed by atoms with Gasteiger partial charge in [-0.05, 0) is 87.9 Å². The van der Waals surface area contributed by atoms with Crippen molar-refractivity contribution in [1.82, 2.24) is 5.32 Å². The van der Waals surface area contributed by atoms with Gasteiger partial charge in [0.2, 0.25) is 11.6 Å². The van der Waals surface area contributed by atoms with E-state index in [-0.39, 0.29) is 49.5 Å². The Balaban J connectivity index is 1.72. The van der Waals surface area contributed by atoms with E-state index in [9.17, 15) is 48.5 Å². The Morgan fingerprint density at radius 3 is 2.13 bits per heavy atom. The molecule has 17 nitrogen and oxygen atoms in total. The van der Waals surface area contributed by atoms with Crippen molar-refractivity contribution in [3.8, 4) is 0 Å². The lowest BCUT2D eigenvalue weighted by Crippen LogP contribution is -2.32. The van der Waals surface area contributed by atoms with Crippen molar-refractivity contribution in [2.75, 3.05) is 57.7 Å². The first kappa shape index (κ1) is 51.1. The SMILES string of the molecule is COCCNC(=O)CCC1(C)\C(=C/C=C/C=C/C=C/C2=[N+](CCOC)c3ccc(S(=O)(=O)O)cc3C2(C)CCCS(=O)(=O)[O-])N(CCCCCC(=O)O)c2ccc(S(=O)(=O)[O-])cc21. The summed E-state index contributed by atoms with van der Waals surface area (Å²) in [7, 11) is -10.9. The van der Waals surface area contributed by atoms with Crippen LogP contribution in [0.15, 0.2) is 94.4 Å². The lowest BCUT2D eigenvalue weighted by atomic mass is 9.76. The highest BCUT2D eigenvalue weighted by Crippen LogP contribution is 2.51. The Bertz CT molecular complexity index is 2500. The summed E-state index contributed by atoms with van der Waals surface area (Å²) in [6.07, 6.45) is 14.5. The van der Waals surface area contributed by atoms with Crippen molar-refractivity contribution in [3.05, 3.63) is 95.8 Å². The number of nitrogens with zero attached hydrogens (tertiary/aromatic N) is 2. The summed E-state index contributed by atoms with van der Waals surface area (Å²) in [5, 5.41) is 11.9. The molecule has 0 aromatic heterocycles. The van der Waals surface area contributed by atoms with Gasteiger partial charge >= 0.3 is 5.97 Å². The minimum Gasteiger partial charge on any atom is -0.748 e. The number of allylic oxidation sites excluding steroid dienone is 8. The molecule has 2 atom stereocenters. The number of carboxylic acid groups (broad SMARTS) is 1. The molecule has 346 valence electrons. The second-order valence-corrected chi connectivity index (χ2v) is 20.1. The summed E-state index contributed by atoms with van der Waals surface area (Å²) in [4.78, 5) is 25.3. The van der Waals surface area contributed by atoms with Crippen LogP contribution in [-0.4, -0.2) is 119 Å². The number of carbonyl (C=O) groups is 2. The second-order valence-electron chi connectivity index (χ2n) is 15.7. The average Bonchev–Trinajstić information content (AvgIpc) is 3.57. The number of anilines is 1. The Morgan fingerprint density at radius 2 is 1.48 bits per heavy atom. The van der Waals surface area contributed by atoms with E-state index in [0.29, 0.717) is 73.7 Å². The standard InChI is InChI=1S/C43H57N3O14S3/c1-42(22-13-29-61(50,51)52)34-30-32(62(53,54)55)18-20-37(34)46(26-28-60-4)38(42)14-9-6-5-7-10-15-39-43(2,23-21-40(47)44-24-27-59-3)35-31-33(63(56,57)58)17-19-36(35)45(39)25-12-8-11-16-41(48)49/h5-7,9-10,14-15,17-20,30-31H,8,11-13,16,21-29H2,1-4H3,(H4-,44,47,48,49,50,51,52,53,54,55,56,57,58)/p-1. The fourth-order valence-electron chi connectivity index (χ4n) is 8.13. The van der Waals surface area contributed by atoms with Gasteiger partial charge in [0.15, 0.2) is 12.3 Å². The topological polar surface area (TPSA) is 260 Å². The fraction of sp³-hybridized carbons (Fsp3) is 0.465. The molecule has 63 heavy (non-hydrogen) atoms. The molecule has 0 fully saturated rings. The van der Waals surface area contributed by atoms with Gasteiger partial charge < -0.3 is 33.9 Å². The molecule has 2 heterocycles. The third-order valence-electron chi connectivity index (χ3n) is 11.3. The summed E-state index contributed by atoms with van der Waals surface area (Å²) >= 11 is 0. The average molecular weight is 935 g/mol. The van der Waals surface area contributed by atoms with E-state index < -0.39 is 57.8 Å². The number of fused-ring (bicyclic) bond motifs is 2.